The number of hydrogen-bond acceptors (Lipinski definition) is 12. The molecule has 0 aliphatic carbocycles. The molecule has 0 heterocycles. The van der Waals surface area contributed by atoms with Gasteiger partial charge in [-0.3, -0.25) is 24.6 Å². The zero-order chi connectivity index (χ0) is 45.5. The number of hydrogen-bond donors (Lipinski definition) is 4. The van der Waals surface area contributed by atoms with E-state index in [1.54, 1.807) is 30.3 Å². The zero-order valence-electron chi connectivity index (χ0n) is 37.1. The summed E-state index contributed by atoms with van der Waals surface area (Å²) in [6, 6.07) is 13.6. The van der Waals surface area contributed by atoms with E-state index in [2.05, 4.69) is 74.7 Å². The number of aliphatic hydroxyl groups excluding tert-OH is 1. The van der Waals surface area contributed by atoms with Crippen molar-refractivity contribution in [3.8, 4) is 34.5 Å². The van der Waals surface area contributed by atoms with Gasteiger partial charge in [0.2, 0.25) is 28.1 Å². The maximum Gasteiger partial charge on any atom is 0.311 e. The van der Waals surface area contributed by atoms with Crippen LogP contribution >= 0.6 is 0 Å². The third kappa shape index (κ3) is 19.4. The SMILES string of the molecule is CC(C)(C)[Si](C)(C)Oc1ccc(N)c(O)c1.CCCCOc1cc(O)ccc1[N+](=O)[O-].CCCCOc1cc(O[Si](C)(C)C(C)(C)C)ccc1[N+](=O)[O-].CO.[2H]CF. The summed E-state index contributed by atoms with van der Waals surface area (Å²) in [6.07, 6.45) is 3.62. The normalized spacial score (nSPS) is 11.2. The van der Waals surface area contributed by atoms with Crippen molar-refractivity contribution >= 4 is 33.7 Å². The van der Waals surface area contributed by atoms with E-state index in [1.807, 2.05) is 6.92 Å². The van der Waals surface area contributed by atoms with E-state index in [0.717, 1.165) is 32.8 Å². The molecule has 324 valence electrons. The van der Waals surface area contributed by atoms with Crippen LogP contribution < -0.4 is 24.1 Å². The summed E-state index contributed by atoms with van der Waals surface area (Å²) in [7, 11) is -3.81. The lowest BCUT2D eigenvalue weighted by atomic mass is 10.2. The van der Waals surface area contributed by atoms with Gasteiger partial charge >= 0.3 is 11.4 Å². The molecule has 0 bridgehead atoms. The van der Waals surface area contributed by atoms with E-state index >= 15 is 0 Å². The number of aromatic hydroxyl groups is 2. The molecule has 0 saturated carbocycles. The predicted molar refractivity (Wildman–Crippen MR) is 232 cm³/mol. The van der Waals surface area contributed by atoms with Crippen molar-refractivity contribution in [3.63, 3.8) is 0 Å². The summed E-state index contributed by atoms with van der Waals surface area (Å²) in [4.78, 5) is 20.8. The standard InChI is InChI=1S/C16H27NO4Si.C12H21NO2Si.C10H13NO4.CH3F.CH4O/c1-7-8-11-20-15-12-13(9-10-14(15)17(18)19)21-22(5,6)16(2,3)4;1-12(2,3)16(4,5)15-9-6-7-10(13)11(14)8-9;1-2-3-6-15-10-7-8(12)4-5-9(10)11(13)14;2*1-2/h9-10,12H,7-8,11H2,1-6H3;6-8,14H,13H2,1-5H3;4-5,7,12H,2-3,6H2,1H3;1H3;2H,1H3/i;;;1D;. The number of nitrogens with zero attached hydrogens (tertiary/aromatic N) is 2. The van der Waals surface area contributed by atoms with Crippen molar-refractivity contribution in [3.05, 3.63) is 74.8 Å². The molecule has 0 saturated heterocycles. The highest BCUT2D eigenvalue weighted by atomic mass is 28.4. The molecule has 0 fully saturated rings. The largest absolute Gasteiger partial charge is 0.543 e. The average Bonchev–Trinajstić information content (AvgIpc) is 3.10. The van der Waals surface area contributed by atoms with Crippen LogP contribution in [0.3, 0.4) is 0 Å². The highest BCUT2D eigenvalue weighted by molar-refractivity contribution is 6.75. The van der Waals surface area contributed by atoms with Crippen LogP contribution in [0.4, 0.5) is 21.5 Å². The summed E-state index contributed by atoms with van der Waals surface area (Å²) < 4.78 is 38.5. The fourth-order valence-electron chi connectivity index (χ4n) is 3.73. The third-order valence-corrected chi connectivity index (χ3v) is 17.9. The fourth-order valence-corrected chi connectivity index (χ4v) is 5.77. The van der Waals surface area contributed by atoms with Gasteiger partial charge in [-0.2, -0.15) is 0 Å². The number of nitrogens with two attached hydrogens (primary N) is 1. The van der Waals surface area contributed by atoms with Gasteiger partial charge in [0.1, 0.15) is 23.0 Å². The number of nitro benzene ring substituents is 2. The van der Waals surface area contributed by atoms with Crippen molar-refractivity contribution in [2.75, 3.05) is 33.2 Å². The van der Waals surface area contributed by atoms with Gasteiger partial charge < -0.3 is 39.4 Å². The number of phenolic OH excluding ortho intramolecular Hbond substituents is 2. The van der Waals surface area contributed by atoms with E-state index in [0.29, 0.717) is 30.4 Å². The lowest BCUT2D eigenvalue weighted by Gasteiger charge is -2.36. The van der Waals surface area contributed by atoms with Crippen molar-refractivity contribution in [2.45, 2.75) is 117 Å². The zero-order valence-corrected chi connectivity index (χ0v) is 38.1. The number of halogens is 1. The smallest absolute Gasteiger partial charge is 0.311 e. The number of unbranched alkanes of at least 4 members (excludes halogenated alkanes) is 2. The van der Waals surface area contributed by atoms with E-state index in [1.165, 1.54) is 24.3 Å². The number of nitrogen functional groups attached to an aromatic ring is 1. The Morgan fingerprint density at radius 1 is 0.719 bits per heavy atom. The van der Waals surface area contributed by atoms with Gasteiger partial charge in [0.25, 0.3) is 0 Å². The van der Waals surface area contributed by atoms with E-state index in [9.17, 15) is 34.8 Å². The number of ether oxygens (including phenoxy) is 2. The Kier molecular flexibility index (Phi) is 23.5. The molecular formula is C40H68FN3O11Si2. The minimum atomic E-state index is -1.98. The molecule has 0 unspecified atom stereocenters. The molecule has 0 spiro atoms. The Bertz CT molecular complexity index is 1670. The molecule has 0 atom stereocenters. The molecule has 3 aromatic rings. The molecule has 0 aliphatic heterocycles. The summed E-state index contributed by atoms with van der Waals surface area (Å²) in [5, 5.41) is 47.6. The number of benzene rings is 3. The molecule has 14 nitrogen and oxygen atoms in total. The average molecular weight is 843 g/mol. The Labute approximate surface area is 342 Å². The van der Waals surface area contributed by atoms with Crippen LogP contribution in [0.25, 0.3) is 0 Å². The highest BCUT2D eigenvalue weighted by Gasteiger charge is 2.40. The van der Waals surface area contributed by atoms with Gasteiger partial charge in [-0.15, -0.1) is 0 Å². The minimum absolute atomic E-state index is 0.0151. The maximum atomic E-state index is 11.1. The first-order chi connectivity index (χ1) is 26.8. The molecule has 0 amide bonds. The quantitative estimate of drug-likeness (QED) is 0.0298. The topological polar surface area (TPSA) is 210 Å². The Morgan fingerprint density at radius 2 is 1.09 bits per heavy atom. The molecule has 3 rings (SSSR count). The summed E-state index contributed by atoms with van der Waals surface area (Å²) in [5.41, 5.74) is 5.78. The Morgan fingerprint density at radius 3 is 1.46 bits per heavy atom. The molecule has 57 heavy (non-hydrogen) atoms. The summed E-state index contributed by atoms with van der Waals surface area (Å²) in [6.45, 7) is 26.6. The monoisotopic (exact) mass is 842 g/mol. The molecular weight excluding hydrogens is 774 g/mol. The Hall–Kier alpha value is -4.62. The van der Waals surface area contributed by atoms with Crippen LogP contribution in [0.1, 0.15) is 82.4 Å². The van der Waals surface area contributed by atoms with E-state index in [-0.39, 0.29) is 44.4 Å². The molecule has 0 aliphatic rings. The number of nitro groups is 2. The van der Waals surface area contributed by atoms with Crippen LogP contribution in [-0.2, 0) is 0 Å². The highest BCUT2D eigenvalue weighted by Crippen LogP contribution is 2.40. The molecule has 5 N–H and O–H groups in total. The number of phenols is 2. The van der Waals surface area contributed by atoms with E-state index < -0.39 is 33.6 Å². The predicted octanol–water partition coefficient (Wildman–Crippen LogP) is 11.2. The van der Waals surface area contributed by atoms with Gasteiger partial charge in [-0.1, -0.05) is 68.2 Å². The molecule has 0 aromatic heterocycles. The second-order valence-electron chi connectivity index (χ2n) is 15.6. The number of alkyl halides is 1. The van der Waals surface area contributed by atoms with Gasteiger partial charge in [0, 0.05) is 37.4 Å². The number of anilines is 1. The van der Waals surface area contributed by atoms with Crippen LogP contribution in [0, 0.1) is 20.2 Å². The lowest BCUT2D eigenvalue weighted by molar-refractivity contribution is -0.386. The van der Waals surface area contributed by atoms with Gasteiger partial charge in [-0.25, -0.2) is 0 Å². The van der Waals surface area contributed by atoms with Crippen LogP contribution in [-0.4, -0.2) is 69.3 Å². The van der Waals surface area contributed by atoms with Crippen LogP contribution in [0.2, 0.25) is 36.3 Å². The van der Waals surface area contributed by atoms with Crippen LogP contribution in [0.15, 0.2) is 54.6 Å². The van der Waals surface area contributed by atoms with Crippen molar-refractivity contribution in [1.29, 1.82) is 0 Å². The van der Waals surface area contributed by atoms with Gasteiger partial charge in [0.05, 0.1) is 37.3 Å². The minimum Gasteiger partial charge on any atom is -0.543 e. The van der Waals surface area contributed by atoms with E-state index in [4.69, 9.17) is 30.5 Å². The first-order valence-electron chi connectivity index (χ1n) is 19.3. The molecule has 17 heteroatoms. The van der Waals surface area contributed by atoms with Crippen LogP contribution in [0.5, 0.6) is 34.5 Å². The maximum absolute atomic E-state index is 11.1. The van der Waals surface area contributed by atoms with Gasteiger partial charge in [-0.05, 0) is 73.4 Å². The summed E-state index contributed by atoms with van der Waals surface area (Å²) >= 11 is 0. The second kappa shape index (κ2) is 25.6. The summed E-state index contributed by atoms with van der Waals surface area (Å²) in [5.74, 6) is 1.79. The van der Waals surface area contributed by atoms with Crippen molar-refractivity contribution in [1.82, 2.24) is 0 Å². The van der Waals surface area contributed by atoms with Crippen molar-refractivity contribution in [2.24, 2.45) is 0 Å². The first kappa shape index (κ1) is 52.4. The number of aliphatic hydroxyl groups is 1. The second-order valence-corrected chi connectivity index (χ2v) is 25.1. The van der Waals surface area contributed by atoms with Gasteiger partial charge in [0.15, 0.2) is 0 Å². The van der Waals surface area contributed by atoms with Crippen molar-refractivity contribution < 1.29 is 49.3 Å². The third-order valence-electron chi connectivity index (χ3n) is 9.14. The molecule has 0 radical (unpaired) electrons. The first-order valence-corrected chi connectivity index (χ1v) is 24.4. The lowest BCUT2D eigenvalue weighted by Crippen LogP contribution is -2.43. The number of rotatable bonds is 14. The Balaban J connectivity index is 0. The fraction of sp³-hybridized carbons (Fsp3) is 0.550. The molecule has 3 aromatic carbocycles.